The van der Waals surface area contributed by atoms with Crippen molar-refractivity contribution in [2.45, 2.75) is 58.3 Å². The zero-order valence-electron chi connectivity index (χ0n) is 17.6. The van der Waals surface area contributed by atoms with Crippen molar-refractivity contribution in [2.75, 3.05) is 6.61 Å². The molecule has 0 spiro atoms. The van der Waals surface area contributed by atoms with Gasteiger partial charge < -0.3 is 4.74 Å². The Kier molecular flexibility index (Phi) is 8.78. The highest BCUT2D eigenvalue weighted by Gasteiger charge is 1.97. The minimum Gasteiger partial charge on any atom is -0.494 e. The lowest BCUT2D eigenvalue weighted by Crippen LogP contribution is -1.97. The van der Waals surface area contributed by atoms with Gasteiger partial charge in [0, 0.05) is 6.21 Å². The molecule has 0 aliphatic heterocycles. The van der Waals surface area contributed by atoms with Gasteiger partial charge >= 0.3 is 0 Å². The van der Waals surface area contributed by atoms with Crippen molar-refractivity contribution in [3.63, 3.8) is 0 Å². The first-order valence-corrected chi connectivity index (χ1v) is 11.1. The maximum absolute atomic E-state index is 5.87. The summed E-state index contributed by atoms with van der Waals surface area (Å²) in [6, 6.07) is 22.8. The Balaban J connectivity index is 1.38. The molecule has 2 nitrogen and oxygen atoms in total. The predicted molar refractivity (Wildman–Crippen MR) is 126 cm³/mol. The molecule has 3 aromatic rings. The zero-order chi connectivity index (χ0) is 20.2. The van der Waals surface area contributed by atoms with Crippen molar-refractivity contribution in [2.24, 2.45) is 4.99 Å². The van der Waals surface area contributed by atoms with E-state index < -0.39 is 0 Å². The fraction of sp³-hybridized carbons (Fsp3) is 0.370. The van der Waals surface area contributed by atoms with E-state index in [2.05, 4.69) is 66.5 Å². The molecule has 0 fully saturated rings. The quantitative estimate of drug-likeness (QED) is 0.227. The number of hydrogen-bond donors (Lipinski definition) is 0. The summed E-state index contributed by atoms with van der Waals surface area (Å²) in [5, 5.41) is 2.45. The van der Waals surface area contributed by atoms with E-state index in [0.29, 0.717) is 0 Å². The lowest BCUT2D eigenvalue weighted by Gasteiger charge is -2.06. The Morgan fingerprint density at radius 2 is 1.41 bits per heavy atom. The normalized spacial score (nSPS) is 11.3. The third kappa shape index (κ3) is 7.38. The molecule has 0 radical (unpaired) electrons. The van der Waals surface area contributed by atoms with Crippen LogP contribution in [0.1, 0.15) is 63.9 Å². The van der Waals surface area contributed by atoms with Crippen LogP contribution in [0, 0.1) is 0 Å². The fourth-order valence-corrected chi connectivity index (χ4v) is 3.48. The maximum atomic E-state index is 5.87. The molecule has 0 amide bonds. The van der Waals surface area contributed by atoms with Crippen molar-refractivity contribution >= 4 is 22.7 Å². The summed E-state index contributed by atoms with van der Waals surface area (Å²) < 4.78 is 5.87. The number of unbranched alkanes of at least 4 members (excludes halogenated alkanes) is 7. The molecule has 0 aliphatic rings. The van der Waals surface area contributed by atoms with Crippen molar-refractivity contribution in [1.82, 2.24) is 0 Å². The number of hydrogen-bond acceptors (Lipinski definition) is 2. The Morgan fingerprint density at radius 3 is 2.17 bits per heavy atom. The molecule has 0 aromatic heterocycles. The number of fused-ring (bicyclic) bond motifs is 1. The van der Waals surface area contributed by atoms with Gasteiger partial charge in [-0.1, -0.05) is 82.2 Å². The van der Waals surface area contributed by atoms with Gasteiger partial charge in [0.2, 0.25) is 0 Å². The van der Waals surface area contributed by atoms with Crippen LogP contribution in [0.4, 0.5) is 5.69 Å². The van der Waals surface area contributed by atoms with Crippen LogP contribution in [0.2, 0.25) is 0 Å². The topological polar surface area (TPSA) is 21.6 Å². The average molecular weight is 388 g/mol. The van der Waals surface area contributed by atoms with Gasteiger partial charge in [0.1, 0.15) is 5.75 Å². The largest absolute Gasteiger partial charge is 0.494 e. The minimum atomic E-state index is 0.805. The van der Waals surface area contributed by atoms with E-state index in [9.17, 15) is 0 Å². The smallest absolute Gasteiger partial charge is 0.119 e. The first-order valence-electron chi connectivity index (χ1n) is 11.1. The summed E-state index contributed by atoms with van der Waals surface area (Å²) in [5.41, 5.74) is 2.05. The molecule has 0 N–H and O–H groups in total. The van der Waals surface area contributed by atoms with E-state index in [0.717, 1.165) is 30.0 Å². The van der Waals surface area contributed by atoms with Crippen LogP contribution in [-0.2, 0) is 0 Å². The van der Waals surface area contributed by atoms with Crippen LogP contribution in [0.3, 0.4) is 0 Å². The van der Waals surface area contributed by atoms with Gasteiger partial charge in [-0.05, 0) is 59.2 Å². The number of nitrogens with zero attached hydrogens (tertiary/aromatic N) is 1. The highest BCUT2D eigenvalue weighted by molar-refractivity contribution is 5.87. The SMILES string of the molecule is CCCCCCCCCCOc1ccc(C=Nc2ccc3ccccc3c2)cc1. The van der Waals surface area contributed by atoms with E-state index in [4.69, 9.17) is 4.74 Å². The number of ether oxygens (including phenoxy) is 1. The molecule has 0 saturated heterocycles. The molecule has 0 saturated carbocycles. The molecule has 0 unspecified atom stereocenters. The molecule has 0 bridgehead atoms. The molecule has 3 aromatic carbocycles. The summed E-state index contributed by atoms with van der Waals surface area (Å²) in [5.74, 6) is 0.941. The zero-order valence-corrected chi connectivity index (χ0v) is 17.6. The summed E-state index contributed by atoms with van der Waals surface area (Å²) in [4.78, 5) is 4.61. The molecule has 152 valence electrons. The molecular weight excluding hydrogens is 354 g/mol. The number of rotatable bonds is 12. The minimum absolute atomic E-state index is 0.805. The third-order valence-corrected chi connectivity index (χ3v) is 5.24. The average Bonchev–Trinajstić information content (AvgIpc) is 2.77. The molecule has 0 heterocycles. The van der Waals surface area contributed by atoms with E-state index >= 15 is 0 Å². The second-order valence-corrected chi connectivity index (χ2v) is 7.68. The first kappa shape index (κ1) is 21.1. The van der Waals surface area contributed by atoms with Crippen molar-refractivity contribution in [1.29, 1.82) is 0 Å². The molecule has 2 heteroatoms. The van der Waals surface area contributed by atoms with Gasteiger partial charge in [-0.15, -0.1) is 0 Å². The van der Waals surface area contributed by atoms with Gasteiger partial charge in [-0.25, -0.2) is 0 Å². The van der Waals surface area contributed by atoms with Crippen molar-refractivity contribution in [3.05, 3.63) is 72.3 Å². The Labute approximate surface area is 175 Å². The molecule has 3 rings (SSSR count). The highest BCUT2D eigenvalue weighted by atomic mass is 16.5. The van der Waals surface area contributed by atoms with Crippen LogP contribution in [0.5, 0.6) is 5.75 Å². The van der Waals surface area contributed by atoms with E-state index in [1.807, 2.05) is 18.3 Å². The van der Waals surface area contributed by atoms with Gasteiger partial charge in [0.15, 0.2) is 0 Å². The fourth-order valence-electron chi connectivity index (χ4n) is 3.48. The summed E-state index contributed by atoms with van der Waals surface area (Å²) in [6.07, 6.45) is 12.5. The van der Waals surface area contributed by atoms with Gasteiger partial charge in [0.25, 0.3) is 0 Å². The van der Waals surface area contributed by atoms with Crippen LogP contribution in [-0.4, -0.2) is 12.8 Å². The second kappa shape index (κ2) is 12.1. The number of aliphatic imine (C=N–C) groups is 1. The van der Waals surface area contributed by atoms with Crippen LogP contribution >= 0.6 is 0 Å². The third-order valence-electron chi connectivity index (χ3n) is 5.24. The molecule has 0 atom stereocenters. The van der Waals surface area contributed by atoms with Crippen LogP contribution < -0.4 is 4.74 Å². The first-order chi connectivity index (χ1) is 14.3. The van der Waals surface area contributed by atoms with Crippen molar-refractivity contribution < 1.29 is 4.74 Å². The monoisotopic (exact) mass is 387 g/mol. The van der Waals surface area contributed by atoms with Crippen LogP contribution in [0.25, 0.3) is 10.8 Å². The highest BCUT2D eigenvalue weighted by Crippen LogP contribution is 2.21. The van der Waals surface area contributed by atoms with Gasteiger partial charge in [-0.2, -0.15) is 0 Å². The predicted octanol–water partition coefficient (Wildman–Crippen LogP) is 8.11. The lowest BCUT2D eigenvalue weighted by atomic mass is 10.1. The standard InChI is InChI=1S/C27H33NO/c1-2-3-4-5-6-7-8-11-20-29-27-18-14-23(15-19-27)22-28-26-17-16-24-12-9-10-13-25(24)21-26/h9-10,12-19,21-22H,2-8,11,20H2,1H3. The summed E-state index contributed by atoms with van der Waals surface area (Å²) in [6.45, 7) is 3.07. The molecular formula is C27H33NO. The Morgan fingerprint density at radius 1 is 0.724 bits per heavy atom. The van der Waals surface area contributed by atoms with E-state index in [-0.39, 0.29) is 0 Å². The molecule has 29 heavy (non-hydrogen) atoms. The number of benzene rings is 3. The summed E-state index contributed by atoms with van der Waals surface area (Å²) >= 11 is 0. The van der Waals surface area contributed by atoms with Gasteiger partial charge in [-0.3, -0.25) is 4.99 Å². The van der Waals surface area contributed by atoms with Gasteiger partial charge in [0.05, 0.1) is 12.3 Å². The van der Waals surface area contributed by atoms with E-state index in [1.165, 1.54) is 55.7 Å². The van der Waals surface area contributed by atoms with E-state index in [1.54, 1.807) is 0 Å². The summed E-state index contributed by atoms with van der Waals surface area (Å²) in [7, 11) is 0. The Bertz CT molecular complexity index is 882. The second-order valence-electron chi connectivity index (χ2n) is 7.68. The Hall–Kier alpha value is -2.61. The maximum Gasteiger partial charge on any atom is 0.119 e. The lowest BCUT2D eigenvalue weighted by molar-refractivity contribution is 0.304. The molecule has 0 aliphatic carbocycles. The van der Waals surface area contributed by atoms with Crippen LogP contribution in [0.15, 0.2) is 71.7 Å². The van der Waals surface area contributed by atoms with Crippen molar-refractivity contribution in [3.8, 4) is 5.75 Å².